The minimum Gasteiger partial charge on any atom is -0.378 e. The summed E-state index contributed by atoms with van der Waals surface area (Å²) in [6, 6.07) is 2.04. The molecular weight excluding hydrogens is 290 g/mol. The maximum Gasteiger partial charge on any atom is 0.136 e. The summed E-state index contributed by atoms with van der Waals surface area (Å²) in [7, 11) is 1.69. The molecule has 2 rings (SSSR count). The number of methoxy groups -OCH3 is 1. The lowest BCUT2D eigenvalue weighted by atomic mass is 9.95. The smallest absolute Gasteiger partial charge is 0.136 e. The topological polar surface area (TPSA) is 47.5 Å². The van der Waals surface area contributed by atoms with Gasteiger partial charge >= 0.3 is 0 Å². The first-order valence-electron chi connectivity index (χ1n) is 8.24. The fourth-order valence-electron chi connectivity index (χ4n) is 3.15. The van der Waals surface area contributed by atoms with Gasteiger partial charge in [-0.3, -0.25) is 0 Å². The zero-order chi connectivity index (χ0) is 17.5. The third-order valence-electron chi connectivity index (χ3n) is 3.75. The largest absolute Gasteiger partial charge is 0.378 e. The minimum atomic E-state index is -0.212. The van der Waals surface area contributed by atoms with E-state index in [4.69, 9.17) is 14.5 Å². The van der Waals surface area contributed by atoms with Crippen LogP contribution >= 0.6 is 0 Å². The minimum absolute atomic E-state index is 0.101. The molecule has 2 heterocycles. The van der Waals surface area contributed by atoms with Crippen LogP contribution in [0.25, 0.3) is 0 Å². The fourth-order valence-corrected chi connectivity index (χ4v) is 3.15. The summed E-state index contributed by atoms with van der Waals surface area (Å²) in [4.78, 5) is 11.8. The Hall–Kier alpha value is -1.20. The van der Waals surface area contributed by atoms with E-state index in [0.29, 0.717) is 6.61 Å². The van der Waals surface area contributed by atoms with Crippen molar-refractivity contribution in [3.63, 3.8) is 0 Å². The third kappa shape index (κ3) is 4.64. The lowest BCUT2D eigenvalue weighted by Crippen LogP contribution is -2.57. The van der Waals surface area contributed by atoms with Gasteiger partial charge in [0.15, 0.2) is 0 Å². The van der Waals surface area contributed by atoms with Crippen LogP contribution in [-0.4, -0.2) is 41.4 Å². The molecule has 0 aliphatic carbocycles. The van der Waals surface area contributed by atoms with Crippen LogP contribution in [0.4, 0.5) is 5.82 Å². The van der Waals surface area contributed by atoms with E-state index in [1.54, 1.807) is 7.11 Å². The van der Waals surface area contributed by atoms with E-state index < -0.39 is 0 Å². The fraction of sp³-hybridized carbons (Fsp3) is 0.778. The van der Waals surface area contributed by atoms with Crippen LogP contribution in [0.2, 0.25) is 0 Å². The zero-order valence-corrected chi connectivity index (χ0v) is 15.9. The Labute approximate surface area is 140 Å². The highest BCUT2D eigenvalue weighted by molar-refractivity contribution is 5.42. The Morgan fingerprint density at radius 1 is 1.13 bits per heavy atom. The molecule has 0 aromatic carbocycles. The second-order valence-electron chi connectivity index (χ2n) is 8.70. The summed E-state index contributed by atoms with van der Waals surface area (Å²) in [5.41, 5.74) is 0.395. The normalized spacial score (nSPS) is 20.6. The van der Waals surface area contributed by atoms with Crippen molar-refractivity contribution in [1.82, 2.24) is 9.97 Å². The number of hydrogen-bond donors (Lipinski definition) is 0. The lowest BCUT2D eigenvalue weighted by molar-refractivity contribution is -0.133. The van der Waals surface area contributed by atoms with E-state index in [1.807, 2.05) is 6.07 Å². The van der Waals surface area contributed by atoms with Gasteiger partial charge < -0.3 is 14.4 Å². The Bertz CT molecular complexity index is 546. The molecule has 1 aliphatic heterocycles. The van der Waals surface area contributed by atoms with Gasteiger partial charge in [-0.2, -0.15) is 0 Å². The van der Waals surface area contributed by atoms with Crippen molar-refractivity contribution in [3.8, 4) is 0 Å². The SMILES string of the molecule is COCc1cc(N2CC(C)(C)OC(C)(C)C2)nc(C(C)(C)C)n1. The van der Waals surface area contributed by atoms with Crippen LogP contribution in [-0.2, 0) is 21.5 Å². The van der Waals surface area contributed by atoms with E-state index in [9.17, 15) is 0 Å². The van der Waals surface area contributed by atoms with Gasteiger partial charge in [0.05, 0.1) is 23.5 Å². The van der Waals surface area contributed by atoms with Gasteiger partial charge in [-0.25, -0.2) is 9.97 Å². The number of anilines is 1. The predicted molar refractivity (Wildman–Crippen MR) is 92.9 cm³/mol. The second-order valence-corrected chi connectivity index (χ2v) is 8.70. The molecular formula is C18H31N3O2. The van der Waals surface area contributed by atoms with Gasteiger partial charge in [0.1, 0.15) is 11.6 Å². The van der Waals surface area contributed by atoms with Gasteiger partial charge in [-0.05, 0) is 27.7 Å². The average molecular weight is 321 g/mol. The molecule has 0 spiro atoms. The van der Waals surface area contributed by atoms with Crippen molar-refractivity contribution < 1.29 is 9.47 Å². The summed E-state index contributed by atoms with van der Waals surface area (Å²) >= 11 is 0. The van der Waals surface area contributed by atoms with E-state index >= 15 is 0 Å². The number of rotatable bonds is 3. The van der Waals surface area contributed by atoms with Crippen LogP contribution < -0.4 is 4.90 Å². The monoisotopic (exact) mass is 321 g/mol. The van der Waals surface area contributed by atoms with Gasteiger partial charge in [-0.1, -0.05) is 20.8 Å². The van der Waals surface area contributed by atoms with Crippen LogP contribution in [0.5, 0.6) is 0 Å². The van der Waals surface area contributed by atoms with Crippen molar-refractivity contribution in [2.24, 2.45) is 0 Å². The number of nitrogens with zero attached hydrogens (tertiary/aromatic N) is 3. The van der Waals surface area contributed by atoms with E-state index in [1.165, 1.54) is 0 Å². The Balaban J connectivity index is 2.43. The summed E-state index contributed by atoms with van der Waals surface area (Å²) in [6.45, 7) is 17.0. The molecule has 0 amide bonds. The molecule has 0 unspecified atom stereocenters. The summed E-state index contributed by atoms with van der Waals surface area (Å²) in [5.74, 6) is 1.81. The highest BCUT2D eigenvalue weighted by Gasteiger charge is 2.39. The first kappa shape index (κ1) is 18.1. The van der Waals surface area contributed by atoms with E-state index in [-0.39, 0.29) is 16.6 Å². The highest BCUT2D eigenvalue weighted by atomic mass is 16.5. The number of aromatic nitrogens is 2. The molecule has 5 nitrogen and oxygen atoms in total. The van der Waals surface area contributed by atoms with Crippen LogP contribution in [0.15, 0.2) is 6.07 Å². The maximum absolute atomic E-state index is 6.18. The van der Waals surface area contributed by atoms with Crippen LogP contribution in [0, 0.1) is 0 Å². The quantitative estimate of drug-likeness (QED) is 0.855. The summed E-state index contributed by atoms with van der Waals surface area (Å²) in [5, 5.41) is 0. The van der Waals surface area contributed by atoms with Gasteiger partial charge in [0, 0.05) is 31.7 Å². The van der Waals surface area contributed by atoms with Crippen molar-refractivity contribution in [2.45, 2.75) is 71.7 Å². The highest BCUT2D eigenvalue weighted by Crippen LogP contribution is 2.32. The third-order valence-corrected chi connectivity index (χ3v) is 3.75. The first-order chi connectivity index (χ1) is 10.4. The predicted octanol–water partition coefficient (Wildman–Crippen LogP) is 3.31. The molecule has 0 radical (unpaired) electrons. The maximum atomic E-state index is 6.18. The molecule has 1 fully saturated rings. The molecule has 130 valence electrons. The van der Waals surface area contributed by atoms with E-state index in [2.05, 4.69) is 58.4 Å². The second kappa shape index (κ2) is 6.02. The number of ether oxygens (including phenoxy) is 2. The molecule has 0 bridgehead atoms. The molecule has 0 N–H and O–H groups in total. The van der Waals surface area contributed by atoms with Gasteiger partial charge in [-0.15, -0.1) is 0 Å². The Morgan fingerprint density at radius 2 is 1.70 bits per heavy atom. The van der Waals surface area contributed by atoms with Crippen LogP contribution in [0.3, 0.4) is 0 Å². The van der Waals surface area contributed by atoms with Crippen molar-refractivity contribution in [3.05, 3.63) is 17.6 Å². The Kier molecular flexibility index (Phi) is 4.75. The molecule has 0 atom stereocenters. The first-order valence-corrected chi connectivity index (χ1v) is 8.24. The molecule has 0 saturated carbocycles. The molecule has 1 saturated heterocycles. The lowest BCUT2D eigenvalue weighted by Gasteiger charge is -2.47. The van der Waals surface area contributed by atoms with Gasteiger partial charge in [0.2, 0.25) is 0 Å². The molecule has 1 aliphatic rings. The van der Waals surface area contributed by atoms with Crippen molar-refractivity contribution >= 4 is 5.82 Å². The average Bonchev–Trinajstić information content (AvgIpc) is 2.34. The molecule has 1 aromatic rings. The summed E-state index contributed by atoms with van der Waals surface area (Å²) < 4.78 is 11.5. The Morgan fingerprint density at radius 3 is 2.17 bits per heavy atom. The zero-order valence-electron chi connectivity index (χ0n) is 15.9. The van der Waals surface area contributed by atoms with Crippen LogP contribution in [0.1, 0.15) is 60.0 Å². The summed E-state index contributed by atoms with van der Waals surface area (Å²) in [6.07, 6.45) is 0. The van der Waals surface area contributed by atoms with Gasteiger partial charge in [0.25, 0.3) is 0 Å². The standard InChI is InChI=1S/C18H31N3O2/c1-16(2,3)15-19-13(10-22-8)9-14(20-15)21-11-17(4,5)23-18(6,7)12-21/h9H,10-12H2,1-8H3. The molecule has 5 heteroatoms. The number of hydrogen-bond acceptors (Lipinski definition) is 5. The van der Waals surface area contributed by atoms with Crippen molar-refractivity contribution in [1.29, 1.82) is 0 Å². The molecule has 23 heavy (non-hydrogen) atoms. The molecule has 1 aromatic heterocycles. The van der Waals surface area contributed by atoms with Crippen molar-refractivity contribution in [2.75, 3.05) is 25.1 Å². The van der Waals surface area contributed by atoms with E-state index in [0.717, 1.165) is 30.4 Å². The number of morpholine rings is 1.